The Balaban J connectivity index is 1.23. The molecule has 0 bridgehead atoms. The highest BCUT2D eigenvalue weighted by Crippen LogP contribution is 2.11. The molecule has 2 amide bonds. The summed E-state index contributed by atoms with van der Waals surface area (Å²) in [6, 6.07) is 7.95. The summed E-state index contributed by atoms with van der Waals surface area (Å²) in [6.45, 7) is 5.71. The van der Waals surface area contributed by atoms with Crippen LogP contribution in [0.4, 0.5) is 0 Å². The first-order valence-electron chi connectivity index (χ1n) is 10.3. The maximum Gasteiger partial charge on any atom is 0.246 e. The zero-order valence-corrected chi connectivity index (χ0v) is 17.0. The van der Waals surface area contributed by atoms with E-state index < -0.39 is 0 Å². The van der Waals surface area contributed by atoms with E-state index in [9.17, 15) is 9.59 Å². The lowest BCUT2D eigenvalue weighted by Crippen LogP contribution is -2.52. The van der Waals surface area contributed by atoms with Crippen LogP contribution in [0, 0.1) is 0 Å². The quantitative estimate of drug-likeness (QED) is 0.686. The van der Waals surface area contributed by atoms with Crippen LogP contribution in [0.2, 0.25) is 0 Å². The summed E-state index contributed by atoms with van der Waals surface area (Å²) in [5, 5.41) is 0. The molecule has 8 heteroatoms. The predicted octanol–water partition coefficient (Wildman–Crippen LogP) is 0.889. The van der Waals surface area contributed by atoms with Crippen molar-refractivity contribution in [1.82, 2.24) is 24.3 Å². The Labute approximate surface area is 176 Å². The second-order valence-corrected chi connectivity index (χ2v) is 7.49. The van der Waals surface area contributed by atoms with Crippen molar-refractivity contribution in [3.05, 3.63) is 54.6 Å². The smallest absolute Gasteiger partial charge is 0.246 e. The lowest BCUT2D eigenvalue weighted by molar-refractivity contribution is -0.137. The van der Waals surface area contributed by atoms with Crippen LogP contribution in [0.25, 0.3) is 11.8 Å². The van der Waals surface area contributed by atoms with Crippen molar-refractivity contribution in [2.45, 2.75) is 0 Å². The number of benzene rings is 1. The van der Waals surface area contributed by atoms with E-state index in [4.69, 9.17) is 4.74 Å². The van der Waals surface area contributed by atoms with E-state index in [1.54, 1.807) is 18.6 Å². The van der Waals surface area contributed by atoms with Crippen molar-refractivity contribution in [2.75, 3.05) is 59.0 Å². The van der Waals surface area contributed by atoms with Gasteiger partial charge in [-0.1, -0.05) is 12.1 Å². The summed E-state index contributed by atoms with van der Waals surface area (Å²) in [6.07, 6.45) is 8.85. The predicted molar refractivity (Wildman–Crippen MR) is 113 cm³/mol. The van der Waals surface area contributed by atoms with Crippen LogP contribution in [0.15, 0.2) is 49.1 Å². The largest absolute Gasteiger partial charge is 0.378 e. The molecule has 2 aliphatic heterocycles. The number of hydrogen-bond donors (Lipinski definition) is 0. The molecule has 2 aliphatic rings. The number of ether oxygens (including phenoxy) is 1. The van der Waals surface area contributed by atoms with Gasteiger partial charge in [0.1, 0.15) is 0 Å². The van der Waals surface area contributed by atoms with Gasteiger partial charge in [0.05, 0.1) is 26.1 Å². The van der Waals surface area contributed by atoms with E-state index in [1.807, 2.05) is 50.9 Å². The third-order valence-corrected chi connectivity index (χ3v) is 5.52. The number of carbonyl (C=O) groups excluding carboxylic acids is 2. The van der Waals surface area contributed by atoms with E-state index in [-0.39, 0.29) is 11.8 Å². The standard InChI is InChI=1S/C22H27N5O3/c28-21(6-3-19-1-4-20(5-2-19)27-8-7-23-18-27)25-11-9-24(10-12-25)17-22(29)26-13-15-30-16-14-26/h1-8,18H,9-17H2/b6-3+. The van der Waals surface area contributed by atoms with Crippen molar-refractivity contribution in [3.63, 3.8) is 0 Å². The number of amides is 2. The number of nitrogens with zero attached hydrogens (tertiary/aromatic N) is 5. The number of imidazole rings is 1. The molecule has 8 nitrogen and oxygen atoms in total. The highest BCUT2D eigenvalue weighted by atomic mass is 16.5. The molecule has 4 rings (SSSR count). The van der Waals surface area contributed by atoms with Crippen molar-refractivity contribution < 1.29 is 14.3 Å². The molecule has 0 unspecified atom stereocenters. The third kappa shape index (κ3) is 5.14. The Hall–Kier alpha value is -2.97. The zero-order valence-electron chi connectivity index (χ0n) is 17.0. The fraction of sp³-hybridized carbons (Fsp3) is 0.409. The summed E-state index contributed by atoms with van der Waals surface area (Å²) < 4.78 is 7.23. The molecule has 0 atom stereocenters. The Morgan fingerprint density at radius 1 is 0.967 bits per heavy atom. The third-order valence-electron chi connectivity index (χ3n) is 5.52. The van der Waals surface area contributed by atoms with E-state index in [0.717, 1.165) is 24.3 Å². The van der Waals surface area contributed by atoms with Gasteiger partial charge in [0.25, 0.3) is 0 Å². The molecular formula is C22H27N5O3. The molecule has 30 heavy (non-hydrogen) atoms. The van der Waals surface area contributed by atoms with Gasteiger partial charge in [0, 0.05) is 63.4 Å². The highest BCUT2D eigenvalue weighted by Gasteiger charge is 2.24. The van der Waals surface area contributed by atoms with Crippen molar-refractivity contribution in [1.29, 1.82) is 0 Å². The van der Waals surface area contributed by atoms with Crippen molar-refractivity contribution in [2.24, 2.45) is 0 Å². The minimum atomic E-state index is 0.00726. The normalized spacial score (nSPS) is 18.1. The summed E-state index contributed by atoms with van der Waals surface area (Å²) in [5.74, 6) is 0.157. The molecule has 1 aromatic heterocycles. The van der Waals surface area contributed by atoms with Crippen LogP contribution >= 0.6 is 0 Å². The minimum absolute atomic E-state index is 0.00726. The highest BCUT2D eigenvalue weighted by molar-refractivity contribution is 5.91. The fourth-order valence-corrected chi connectivity index (χ4v) is 3.67. The summed E-state index contributed by atoms with van der Waals surface area (Å²) in [4.78, 5) is 34.8. The van der Waals surface area contributed by atoms with Crippen LogP contribution in [-0.2, 0) is 14.3 Å². The van der Waals surface area contributed by atoms with Gasteiger partial charge in [0.15, 0.2) is 0 Å². The van der Waals surface area contributed by atoms with E-state index in [2.05, 4.69) is 9.88 Å². The van der Waals surface area contributed by atoms with Gasteiger partial charge in [-0.15, -0.1) is 0 Å². The topological polar surface area (TPSA) is 70.9 Å². The Bertz CT molecular complexity index is 865. The van der Waals surface area contributed by atoms with Gasteiger partial charge >= 0.3 is 0 Å². The molecule has 0 N–H and O–H groups in total. The lowest BCUT2D eigenvalue weighted by Gasteiger charge is -2.35. The number of aromatic nitrogens is 2. The Kier molecular flexibility index (Phi) is 6.56. The SMILES string of the molecule is O=C(/C=C/c1ccc(-n2ccnc2)cc1)N1CCN(CC(=O)N2CCOCC2)CC1. The van der Waals surface area contributed by atoms with E-state index in [0.29, 0.717) is 45.9 Å². The first-order chi connectivity index (χ1) is 14.7. The average molecular weight is 409 g/mol. The molecule has 0 radical (unpaired) electrons. The number of carbonyl (C=O) groups is 2. The number of morpholine rings is 1. The van der Waals surface area contributed by atoms with E-state index >= 15 is 0 Å². The van der Waals surface area contributed by atoms with Crippen LogP contribution < -0.4 is 0 Å². The van der Waals surface area contributed by atoms with E-state index in [1.165, 1.54) is 0 Å². The van der Waals surface area contributed by atoms with Gasteiger partial charge in [-0.05, 0) is 23.8 Å². The molecule has 158 valence electrons. The van der Waals surface area contributed by atoms with Crippen LogP contribution in [-0.4, -0.2) is 95.1 Å². The zero-order chi connectivity index (χ0) is 20.8. The first kappa shape index (κ1) is 20.3. The molecule has 2 aromatic rings. The number of hydrogen-bond acceptors (Lipinski definition) is 5. The van der Waals surface area contributed by atoms with Gasteiger partial charge < -0.3 is 19.1 Å². The van der Waals surface area contributed by atoms with Gasteiger partial charge in [-0.2, -0.15) is 0 Å². The van der Waals surface area contributed by atoms with Gasteiger partial charge in [0.2, 0.25) is 11.8 Å². The minimum Gasteiger partial charge on any atom is -0.378 e. The van der Waals surface area contributed by atoms with Crippen LogP contribution in [0.1, 0.15) is 5.56 Å². The number of rotatable bonds is 5. The Morgan fingerprint density at radius 3 is 2.37 bits per heavy atom. The summed E-state index contributed by atoms with van der Waals surface area (Å²) >= 11 is 0. The molecule has 0 aliphatic carbocycles. The molecule has 3 heterocycles. The van der Waals surface area contributed by atoms with Crippen LogP contribution in [0.5, 0.6) is 0 Å². The molecule has 2 saturated heterocycles. The molecule has 0 saturated carbocycles. The maximum absolute atomic E-state index is 12.5. The Morgan fingerprint density at radius 2 is 1.70 bits per heavy atom. The monoisotopic (exact) mass is 409 g/mol. The molecular weight excluding hydrogens is 382 g/mol. The van der Waals surface area contributed by atoms with Crippen LogP contribution in [0.3, 0.4) is 0 Å². The maximum atomic E-state index is 12.5. The second-order valence-electron chi connectivity index (χ2n) is 7.49. The molecule has 0 spiro atoms. The molecule has 1 aromatic carbocycles. The van der Waals surface area contributed by atoms with Gasteiger partial charge in [-0.3, -0.25) is 14.5 Å². The molecule has 2 fully saturated rings. The second kappa shape index (κ2) is 9.69. The average Bonchev–Trinajstić information content (AvgIpc) is 3.34. The lowest BCUT2D eigenvalue weighted by atomic mass is 10.2. The number of piperazine rings is 1. The summed E-state index contributed by atoms with van der Waals surface area (Å²) in [7, 11) is 0. The fourth-order valence-electron chi connectivity index (χ4n) is 3.67. The van der Waals surface area contributed by atoms with Crippen molar-refractivity contribution >= 4 is 17.9 Å². The van der Waals surface area contributed by atoms with Gasteiger partial charge in [-0.25, -0.2) is 4.98 Å². The first-order valence-corrected chi connectivity index (χ1v) is 10.3. The van der Waals surface area contributed by atoms with Crippen molar-refractivity contribution in [3.8, 4) is 5.69 Å². The summed E-state index contributed by atoms with van der Waals surface area (Å²) in [5.41, 5.74) is 2.00.